The summed E-state index contributed by atoms with van der Waals surface area (Å²) in [5.74, 6) is 3.10. The van der Waals surface area contributed by atoms with E-state index in [0.29, 0.717) is 12.0 Å². The predicted molar refractivity (Wildman–Crippen MR) is 74.5 cm³/mol. The van der Waals surface area contributed by atoms with Gasteiger partial charge in [-0.2, -0.15) is 11.8 Å². The third-order valence-electron chi connectivity index (χ3n) is 3.37. The van der Waals surface area contributed by atoms with Gasteiger partial charge in [-0.1, -0.05) is 6.07 Å². The van der Waals surface area contributed by atoms with E-state index >= 15 is 0 Å². The molecule has 1 aromatic heterocycles. The number of fused-ring (bicyclic) bond motifs is 1. The number of hydrogen-bond acceptors (Lipinski definition) is 3. The number of nitrogen functional groups attached to an aromatic ring is 1. The maximum absolute atomic E-state index is 6.08. The summed E-state index contributed by atoms with van der Waals surface area (Å²) in [5.41, 5.74) is 9.52. The van der Waals surface area contributed by atoms with Crippen LogP contribution in [0, 0.1) is 6.92 Å². The van der Waals surface area contributed by atoms with Crippen molar-refractivity contribution in [1.29, 1.82) is 0 Å². The second-order valence-electron chi connectivity index (χ2n) is 4.70. The molecule has 0 radical (unpaired) electrons. The number of thioether (sulfide) groups is 1. The van der Waals surface area contributed by atoms with E-state index in [2.05, 4.69) is 34.7 Å². The molecule has 4 heteroatoms. The molecule has 0 amide bonds. The Morgan fingerprint density at radius 1 is 1.47 bits per heavy atom. The third kappa shape index (κ3) is 1.90. The summed E-state index contributed by atoms with van der Waals surface area (Å²) in [7, 11) is 0. The minimum atomic E-state index is 0.515. The van der Waals surface area contributed by atoms with Gasteiger partial charge in [0.05, 0.1) is 11.0 Å². The molecule has 0 spiro atoms. The Kier molecular flexibility index (Phi) is 2.74. The van der Waals surface area contributed by atoms with Crippen LogP contribution in [0.1, 0.15) is 24.4 Å². The topological polar surface area (TPSA) is 43.8 Å². The number of nitrogens with two attached hydrogens (primary N) is 1. The van der Waals surface area contributed by atoms with Gasteiger partial charge < -0.3 is 10.3 Å². The number of hydrogen-bond donors (Lipinski definition) is 1. The quantitative estimate of drug-likeness (QED) is 0.842. The Hall–Kier alpha value is -1.16. The highest BCUT2D eigenvalue weighted by atomic mass is 32.2. The number of anilines is 1. The number of aromatic nitrogens is 2. The molecule has 3 nitrogen and oxygen atoms in total. The van der Waals surface area contributed by atoms with Gasteiger partial charge >= 0.3 is 0 Å². The summed E-state index contributed by atoms with van der Waals surface area (Å²) in [4.78, 5) is 4.48. The summed E-state index contributed by atoms with van der Waals surface area (Å²) in [5, 5.41) is 0. The average Bonchev–Trinajstić information content (AvgIpc) is 2.65. The van der Waals surface area contributed by atoms with Crippen molar-refractivity contribution < 1.29 is 0 Å². The molecule has 0 bridgehead atoms. The third-order valence-corrected chi connectivity index (χ3v) is 4.57. The van der Waals surface area contributed by atoms with Crippen molar-refractivity contribution in [3.63, 3.8) is 0 Å². The molecule has 2 heterocycles. The van der Waals surface area contributed by atoms with Gasteiger partial charge in [0, 0.05) is 11.8 Å². The van der Waals surface area contributed by atoms with E-state index in [1.54, 1.807) is 0 Å². The number of benzene rings is 1. The molecule has 1 aliphatic heterocycles. The van der Waals surface area contributed by atoms with Crippen molar-refractivity contribution in [1.82, 2.24) is 9.55 Å². The maximum Gasteiger partial charge on any atom is 0.201 e. The summed E-state index contributed by atoms with van der Waals surface area (Å²) >= 11 is 2.02. The zero-order valence-electron chi connectivity index (χ0n) is 10.0. The summed E-state index contributed by atoms with van der Waals surface area (Å²) < 4.78 is 2.22. The van der Waals surface area contributed by atoms with Gasteiger partial charge in [0.1, 0.15) is 0 Å². The van der Waals surface area contributed by atoms with Gasteiger partial charge in [-0.05, 0) is 43.2 Å². The molecule has 0 aliphatic carbocycles. The fourth-order valence-electron chi connectivity index (χ4n) is 2.54. The van der Waals surface area contributed by atoms with Crippen molar-refractivity contribution in [2.24, 2.45) is 0 Å². The highest BCUT2D eigenvalue weighted by Gasteiger charge is 2.20. The van der Waals surface area contributed by atoms with Crippen LogP contribution in [0.25, 0.3) is 11.0 Å². The van der Waals surface area contributed by atoms with Crippen molar-refractivity contribution in [2.75, 3.05) is 17.2 Å². The average molecular weight is 247 g/mol. The number of nitrogens with zero attached hydrogens (tertiary/aromatic N) is 2. The van der Waals surface area contributed by atoms with E-state index in [9.17, 15) is 0 Å². The van der Waals surface area contributed by atoms with Crippen LogP contribution in [-0.2, 0) is 0 Å². The first-order valence-corrected chi connectivity index (χ1v) is 7.23. The van der Waals surface area contributed by atoms with Gasteiger partial charge in [0.2, 0.25) is 5.95 Å². The van der Waals surface area contributed by atoms with Crippen LogP contribution in [0.5, 0.6) is 0 Å². The summed E-state index contributed by atoms with van der Waals surface area (Å²) in [6, 6.07) is 6.91. The summed E-state index contributed by atoms with van der Waals surface area (Å²) in [6.07, 6.45) is 2.50. The monoisotopic (exact) mass is 247 g/mol. The lowest BCUT2D eigenvalue weighted by atomic mass is 10.1. The van der Waals surface area contributed by atoms with Crippen molar-refractivity contribution >= 4 is 28.7 Å². The number of imidazole rings is 1. The van der Waals surface area contributed by atoms with Gasteiger partial charge in [-0.15, -0.1) is 0 Å². The van der Waals surface area contributed by atoms with Gasteiger partial charge in [-0.3, -0.25) is 0 Å². The van der Waals surface area contributed by atoms with Crippen LogP contribution in [0.15, 0.2) is 18.2 Å². The first-order valence-electron chi connectivity index (χ1n) is 6.07. The minimum Gasteiger partial charge on any atom is -0.369 e. The molecule has 1 atom stereocenters. The van der Waals surface area contributed by atoms with E-state index in [-0.39, 0.29) is 0 Å². The van der Waals surface area contributed by atoms with Crippen LogP contribution in [0.2, 0.25) is 0 Å². The smallest absolute Gasteiger partial charge is 0.201 e. The van der Waals surface area contributed by atoms with Crippen molar-refractivity contribution in [3.8, 4) is 0 Å². The molecule has 1 fully saturated rings. The highest BCUT2D eigenvalue weighted by Crippen LogP contribution is 2.32. The molecular weight excluding hydrogens is 230 g/mol. The Bertz CT molecular complexity index is 541. The Balaban J connectivity index is 2.11. The first kappa shape index (κ1) is 11.0. The molecular formula is C13H17N3S. The van der Waals surface area contributed by atoms with Gasteiger partial charge in [-0.25, -0.2) is 4.98 Å². The highest BCUT2D eigenvalue weighted by molar-refractivity contribution is 7.99. The molecule has 2 N–H and O–H groups in total. The Morgan fingerprint density at radius 2 is 2.35 bits per heavy atom. The van der Waals surface area contributed by atoms with Crippen LogP contribution in [-0.4, -0.2) is 21.1 Å². The van der Waals surface area contributed by atoms with E-state index < -0.39 is 0 Å². The molecule has 90 valence electrons. The first-order chi connectivity index (χ1) is 8.25. The molecule has 1 saturated heterocycles. The maximum atomic E-state index is 6.08. The molecule has 17 heavy (non-hydrogen) atoms. The van der Waals surface area contributed by atoms with E-state index in [1.807, 2.05) is 11.8 Å². The standard InChI is InChI=1S/C13H17N3S/c1-9-4-5-12-11(7-9)15-13(14)16(12)10-3-2-6-17-8-10/h4-5,7,10H,2-3,6,8H2,1H3,(H2,14,15). The van der Waals surface area contributed by atoms with Crippen molar-refractivity contribution in [2.45, 2.75) is 25.8 Å². The molecule has 2 aromatic rings. The number of aryl methyl sites for hydroxylation is 1. The second kappa shape index (κ2) is 4.26. The van der Waals surface area contributed by atoms with Crippen LogP contribution >= 0.6 is 11.8 Å². The van der Waals surface area contributed by atoms with Gasteiger partial charge in [0.25, 0.3) is 0 Å². The zero-order chi connectivity index (χ0) is 11.8. The lowest BCUT2D eigenvalue weighted by Crippen LogP contribution is -2.17. The van der Waals surface area contributed by atoms with Gasteiger partial charge in [0.15, 0.2) is 0 Å². The Labute approximate surface area is 105 Å². The molecule has 1 unspecified atom stereocenters. The second-order valence-corrected chi connectivity index (χ2v) is 5.85. The zero-order valence-corrected chi connectivity index (χ0v) is 10.8. The van der Waals surface area contributed by atoms with Crippen LogP contribution in [0.3, 0.4) is 0 Å². The largest absolute Gasteiger partial charge is 0.369 e. The SMILES string of the molecule is Cc1ccc2c(c1)nc(N)n2C1CCCSC1. The molecule has 1 aromatic carbocycles. The number of rotatable bonds is 1. The van der Waals surface area contributed by atoms with Crippen LogP contribution in [0.4, 0.5) is 5.95 Å². The van der Waals surface area contributed by atoms with E-state index in [1.165, 1.54) is 29.7 Å². The summed E-state index contributed by atoms with van der Waals surface area (Å²) in [6.45, 7) is 2.09. The van der Waals surface area contributed by atoms with E-state index in [4.69, 9.17) is 5.73 Å². The normalized spacial score (nSPS) is 20.9. The minimum absolute atomic E-state index is 0.515. The molecule has 1 aliphatic rings. The Morgan fingerprint density at radius 3 is 3.12 bits per heavy atom. The lowest BCUT2D eigenvalue weighted by molar-refractivity contribution is 0.517. The fraction of sp³-hybridized carbons (Fsp3) is 0.462. The fourth-order valence-corrected chi connectivity index (χ4v) is 3.66. The van der Waals surface area contributed by atoms with Crippen LogP contribution < -0.4 is 5.73 Å². The molecule has 0 saturated carbocycles. The van der Waals surface area contributed by atoms with Crippen molar-refractivity contribution in [3.05, 3.63) is 23.8 Å². The molecule has 3 rings (SSSR count). The van der Waals surface area contributed by atoms with E-state index in [0.717, 1.165) is 11.3 Å². The predicted octanol–water partition coefficient (Wildman–Crippen LogP) is 3.00. The lowest BCUT2D eigenvalue weighted by Gasteiger charge is -2.24.